The minimum atomic E-state index is -0.609. The molecule has 3 aromatic carbocycles. The van der Waals surface area contributed by atoms with Crippen LogP contribution in [-0.4, -0.2) is 16.3 Å². The van der Waals surface area contributed by atoms with E-state index in [0.717, 1.165) is 27.7 Å². The third kappa shape index (κ3) is 3.45. The molecule has 4 nitrogen and oxygen atoms in total. The lowest BCUT2D eigenvalue weighted by molar-refractivity contribution is -0.117. The van der Waals surface area contributed by atoms with Crippen molar-refractivity contribution in [1.82, 2.24) is 9.88 Å². The molecule has 0 aliphatic rings. The molecule has 144 valence electrons. The van der Waals surface area contributed by atoms with Crippen LogP contribution < -0.4 is 5.32 Å². The van der Waals surface area contributed by atoms with Crippen molar-refractivity contribution >= 4 is 22.6 Å². The average molecular weight is 382 g/mol. The van der Waals surface area contributed by atoms with Crippen LogP contribution in [0.3, 0.4) is 0 Å². The van der Waals surface area contributed by atoms with Crippen LogP contribution in [0.25, 0.3) is 10.9 Å². The number of rotatable bonds is 5. The van der Waals surface area contributed by atoms with Gasteiger partial charge in [0.2, 0.25) is 0 Å². The molecule has 0 radical (unpaired) electrons. The van der Waals surface area contributed by atoms with Gasteiger partial charge in [0.1, 0.15) is 0 Å². The van der Waals surface area contributed by atoms with Crippen molar-refractivity contribution < 1.29 is 9.59 Å². The number of carbonyl (C=O) groups excluding carboxylic acids is 2. The second kappa shape index (κ2) is 7.76. The number of fused-ring (bicyclic) bond motifs is 1. The van der Waals surface area contributed by atoms with E-state index in [1.807, 2.05) is 103 Å². The van der Waals surface area contributed by atoms with Gasteiger partial charge in [-0.3, -0.25) is 9.59 Å². The van der Waals surface area contributed by atoms with Crippen molar-refractivity contribution in [2.75, 3.05) is 0 Å². The molecule has 0 bridgehead atoms. The van der Waals surface area contributed by atoms with Gasteiger partial charge >= 0.3 is 0 Å². The lowest BCUT2D eigenvalue weighted by Gasteiger charge is -2.19. The van der Waals surface area contributed by atoms with Crippen LogP contribution in [0.1, 0.15) is 33.2 Å². The molecule has 0 saturated heterocycles. The average Bonchev–Trinajstić information content (AvgIpc) is 3.03. The van der Waals surface area contributed by atoms with Crippen LogP contribution in [0.5, 0.6) is 0 Å². The fourth-order valence-corrected chi connectivity index (χ4v) is 3.77. The number of hydrogen-bond acceptors (Lipinski definition) is 2. The normalized spacial score (nSPS) is 11.0. The van der Waals surface area contributed by atoms with E-state index in [1.54, 1.807) is 0 Å². The van der Waals surface area contributed by atoms with E-state index < -0.39 is 17.7 Å². The smallest absolute Gasteiger partial charge is 0.293 e. The summed E-state index contributed by atoms with van der Waals surface area (Å²) >= 11 is 0. The summed E-state index contributed by atoms with van der Waals surface area (Å²) in [5, 5.41) is 3.75. The zero-order chi connectivity index (χ0) is 20.4. The number of Topliss-reactive ketones (excluding diaryl/α,β-unsaturated/α-hetero) is 1. The summed E-state index contributed by atoms with van der Waals surface area (Å²) in [6.07, 6.45) is 0. The molecule has 1 aromatic heterocycles. The number of para-hydroxylation sites is 1. The number of aromatic nitrogens is 1. The third-order valence-electron chi connectivity index (χ3n) is 5.37. The minimum Gasteiger partial charge on any atom is -0.347 e. The molecule has 0 fully saturated rings. The van der Waals surface area contributed by atoms with Crippen LogP contribution in [0, 0.1) is 6.92 Å². The van der Waals surface area contributed by atoms with E-state index in [2.05, 4.69) is 5.32 Å². The van der Waals surface area contributed by atoms with Gasteiger partial charge in [-0.05, 0) is 24.1 Å². The third-order valence-corrected chi connectivity index (χ3v) is 5.37. The Morgan fingerprint density at radius 3 is 1.90 bits per heavy atom. The SMILES string of the molecule is Cc1c(C(=O)C(=O)NC(c2ccccc2)c2ccccc2)c2ccccc2n1C. The standard InChI is InChI=1S/C25H22N2O2/c1-17-22(20-15-9-10-16-21(20)27(17)2)24(28)25(29)26-23(18-11-5-3-6-12-18)19-13-7-4-8-14-19/h3-16,23H,1-2H3,(H,26,29). The quantitative estimate of drug-likeness (QED) is 0.406. The number of benzene rings is 3. The highest BCUT2D eigenvalue weighted by atomic mass is 16.2. The van der Waals surface area contributed by atoms with E-state index in [4.69, 9.17) is 0 Å². The summed E-state index contributed by atoms with van der Waals surface area (Å²) in [6, 6.07) is 26.6. The molecular weight excluding hydrogens is 360 g/mol. The van der Waals surface area contributed by atoms with Crippen molar-refractivity contribution in [2.24, 2.45) is 7.05 Å². The summed E-state index contributed by atoms with van der Waals surface area (Å²) in [7, 11) is 1.91. The predicted molar refractivity (Wildman–Crippen MR) is 115 cm³/mol. The second-order valence-electron chi connectivity index (χ2n) is 7.09. The van der Waals surface area contributed by atoms with Crippen molar-refractivity contribution in [2.45, 2.75) is 13.0 Å². The van der Waals surface area contributed by atoms with Crippen molar-refractivity contribution in [1.29, 1.82) is 0 Å². The maximum atomic E-state index is 13.2. The topological polar surface area (TPSA) is 51.1 Å². The Hall–Kier alpha value is -3.66. The van der Waals surface area contributed by atoms with E-state index in [-0.39, 0.29) is 0 Å². The van der Waals surface area contributed by atoms with Gasteiger partial charge < -0.3 is 9.88 Å². The predicted octanol–water partition coefficient (Wildman–Crippen LogP) is 4.58. The fraction of sp³-hybridized carbons (Fsp3) is 0.120. The highest BCUT2D eigenvalue weighted by molar-refractivity contribution is 6.45. The number of nitrogens with zero attached hydrogens (tertiary/aromatic N) is 1. The summed E-state index contributed by atoms with van der Waals surface area (Å²) in [5.74, 6) is -1.13. The first-order chi connectivity index (χ1) is 14.1. The van der Waals surface area contributed by atoms with Gasteiger partial charge in [0.05, 0.1) is 11.6 Å². The Labute approximate surface area is 169 Å². The van der Waals surface area contributed by atoms with Gasteiger partial charge in [-0.1, -0.05) is 78.9 Å². The van der Waals surface area contributed by atoms with Crippen molar-refractivity contribution in [3.05, 3.63) is 107 Å². The van der Waals surface area contributed by atoms with E-state index in [1.165, 1.54) is 0 Å². The van der Waals surface area contributed by atoms with Crippen LogP contribution >= 0.6 is 0 Å². The molecule has 4 rings (SSSR count). The van der Waals surface area contributed by atoms with Gasteiger partial charge in [-0.15, -0.1) is 0 Å². The van der Waals surface area contributed by atoms with Crippen molar-refractivity contribution in [3.63, 3.8) is 0 Å². The summed E-state index contributed by atoms with van der Waals surface area (Å²) in [5.41, 5.74) is 4.02. The van der Waals surface area contributed by atoms with Gasteiger partial charge in [0.15, 0.2) is 0 Å². The Morgan fingerprint density at radius 2 is 1.31 bits per heavy atom. The molecule has 0 aliphatic heterocycles. The molecule has 0 aliphatic carbocycles. The first-order valence-electron chi connectivity index (χ1n) is 9.57. The number of carbonyl (C=O) groups is 2. The minimum absolute atomic E-state index is 0.399. The van der Waals surface area contributed by atoms with Gasteiger partial charge in [0, 0.05) is 23.6 Å². The zero-order valence-electron chi connectivity index (χ0n) is 16.4. The van der Waals surface area contributed by atoms with Crippen LogP contribution in [0.4, 0.5) is 0 Å². The fourth-order valence-electron chi connectivity index (χ4n) is 3.77. The first kappa shape index (κ1) is 18.7. The first-order valence-corrected chi connectivity index (χ1v) is 9.57. The molecular formula is C25H22N2O2. The summed E-state index contributed by atoms with van der Waals surface area (Å²) < 4.78 is 1.95. The maximum absolute atomic E-state index is 13.2. The van der Waals surface area contributed by atoms with E-state index in [9.17, 15) is 9.59 Å². The molecule has 4 heteroatoms. The van der Waals surface area contributed by atoms with Crippen LogP contribution in [-0.2, 0) is 11.8 Å². The van der Waals surface area contributed by atoms with Gasteiger partial charge in [-0.25, -0.2) is 0 Å². The van der Waals surface area contributed by atoms with Crippen LogP contribution in [0.15, 0.2) is 84.9 Å². The zero-order valence-corrected chi connectivity index (χ0v) is 16.4. The molecule has 0 saturated carbocycles. The number of aryl methyl sites for hydroxylation is 1. The lowest BCUT2D eigenvalue weighted by atomic mass is 9.98. The van der Waals surface area contributed by atoms with Gasteiger partial charge in [0.25, 0.3) is 11.7 Å². The number of ketones is 1. The summed E-state index contributed by atoms with van der Waals surface area (Å²) in [4.78, 5) is 26.2. The van der Waals surface area contributed by atoms with E-state index >= 15 is 0 Å². The molecule has 0 atom stereocenters. The van der Waals surface area contributed by atoms with Crippen LogP contribution in [0.2, 0.25) is 0 Å². The van der Waals surface area contributed by atoms with E-state index in [0.29, 0.717) is 5.56 Å². The van der Waals surface area contributed by atoms with Gasteiger partial charge in [-0.2, -0.15) is 0 Å². The Bertz CT molecular complexity index is 1140. The number of nitrogens with one attached hydrogen (secondary N) is 1. The molecule has 1 heterocycles. The highest BCUT2D eigenvalue weighted by Gasteiger charge is 2.27. The maximum Gasteiger partial charge on any atom is 0.293 e. The Balaban J connectivity index is 1.70. The molecule has 1 amide bonds. The summed E-state index contributed by atoms with van der Waals surface area (Å²) in [6.45, 7) is 1.87. The monoisotopic (exact) mass is 382 g/mol. The number of hydrogen-bond donors (Lipinski definition) is 1. The lowest BCUT2D eigenvalue weighted by Crippen LogP contribution is -2.35. The highest BCUT2D eigenvalue weighted by Crippen LogP contribution is 2.26. The molecule has 0 unspecified atom stereocenters. The second-order valence-corrected chi connectivity index (χ2v) is 7.09. The Kier molecular flexibility index (Phi) is 5.00. The van der Waals surface area contributed by atoms with Crippen molar-refractivity contribution in [3.8, 4) is 0 Å². The molecule has 29 heavy (non-hydrogen) atoms. The largest absolute Gasteiger partial charge is 0.347 e. The molecule has 1 N–H and O–H groups in total. The number of amides is 1. The molecule has 4 aromatic rings. The molecule has 0 spiro atoms. The Morgan fingerprint density at radius 1 is 0.793 bits per heavy atom.